The molecule has 0 bridgehead atoms. The number of carbonyl (C=O) groups excluding carboxylic acids is 1. The number of aromatic nitrogens is 2. The van der Waals surface area contributed by atoms with Crippen molar-refractivity contribution >= 4 is 17.7 Å². The minimum Gasteiger partial charge on any atom is -0.378 e. The average Bonchev–Trinajstić information content (AvgIpc) is 3.63. The van der Waals surface area contributed by atoms with Gasteiger partial charge in [-0.05, 0) is 50.0 Å². The predicted octanol–water partition coefficient (Wildman–Crippen LogP) is 5.22. The SMILES string of the molecule is C=C/C=C(\C=C/CC=C)N1CCc2c(-c3cccc(C(=O)NC4CCCC4)c3)nc(N3CCOCC3)nc21. The first-order valence-corrected chi connectivity index (χ1v) is 13.7. The van der Waals surface area contributed by atoms with Crippen LogP contribution in [0.2, 0.25) is 0 Å². The molecule has 0 unspecified atom stereocenters. The fourth-order valence-electron chi connectivity index (χ4n) is 5.43. The number of nitrogens with zero attached hydrogens (tertiary/aromatic N) is 4. The first kappa shape index (κ1) is 25.9. The molecule has 1 saturated heterocycles. The Labute approximate surface area is 225 Å². The predicted molar refractivity (Wildman–Crippen MR) is 154 cm³/mol. The minimum atomic E-state index is -0.0111. The number of fused-ring (bicyclic) bond motifs is 1. The van der Waals surface area contributed by atoms with Crippen LogP contribution in [0, 0.1) is 0 Å². The van der Waals surface area contributed by atoms with Gasteiger partial charge in [0.25, 0.3) is 5.91 Å². The molecule has 7 heteroatoms. The number of ether oxygens (including phenoxy) is 1. The van der Waals surface area contributed by atoms with Crippen LogP contribution in [0.5, 0.6) is 0 Å². The van der Waals surface area contributed by atoms with Crippen molar-refractivity contribution in [2.45, 2.75) is 44.6 Å². The van der Waals surface area contributed by atoms with E-state index < -0.39 is 0 Å². The number of rotatable bonds is 9. The summed E-state index contributed by atoms with van der Waals surface area (Å²) in [6.45, 7) is 11.3. The van der Waals surface area contributed by atoms with Crippen molar-refractivity contribution in [2.75, 3.05) is 42.6 Å². The molecule has 1 aliphatic carbocycles. The molecule has 1 N–H and O–H groups in total. The Morgan fingerprint density at radius 1 is 1.13 bits per heavy atom. The normalized spacial score (nSPS) is 18.2. The standard InChI is InChI=1S/C31H37N5O2/c1-3-5-6-15-26(10-4-2)36-17-16-27-28(33-31(34-29(27)36)35-18-20-38-21-19-35)23-11-9-12-24(22-23)30(37)32-25-13-7-8-14-25/h3-4,6,9-12,15,22,25H,1-2,5,7-8,13-14,16-21H2,(H,32,37)/b15-6-,26-10+. The van der Waals surface area contributed by atoms with Gasteiger partial charge in [-0.25, -0.2) is 4.98 Å². The molecule has 38 heavy (non-hydrogen) atoms. The Morgan fingerprint density at radius 2 is 1.95 bits per heavy atom. The van der Waals surface area contributed by atoms with Gasteiger partial charge in [0.05, 0.1) is 18.9 Å². The number of nitrogens with one attached hydrogen (secondary N) is 1. The van der Waals surface area contributed by atoms with Gasteiger partial charge in [-0.2, -0.15) is 4.98 Å². The quantitative estimate of drug-likeness (QED) is 0.368. The highest BCUT2D eigenvalue weighted by molar-refractivity contribution is 5.95. The van der Waals surface area contributed by atoms with Crippen LogP contribution in [0.4, 0.5) is 11.8 Å². The van der Waals surface area contributed by atoms with Crippen molar-refractivity contribution in [3.8, 4) is 11.3 Å². The van der Waals surface area contributed by atoms with Crippen molar-refractivity contribution in [1.29, 1.82) is 0 Å². The Kier molecular flexibility index (Phi) is 8.34. The van der Waals surface area contributed by atoms with E-state index in [4.69, 9.17) is 14.7 Å². The molecule has 5 rings (SSSR count). The first-order valence-electron chi connectivity index (χ1n) is 13.7. The van der Waals surface area contributed by atoms with E-state index in [1.807, 2.05) is 42.5 Å². The maximum Gasteiger partial charge on any atom is 0.251 e. The number of morpholine rings is 1. The molecule has 1 saturated carbocycles. The van der Waals surface area contributed by atoms with E-state index in [1.165, 1.54) is 12.8 Å². The smallest absolute Gasteiger partial charge is 0.251 e. The summed E-state index contributed by atoms with van der Waals surface area (Å²) in [4.78, 5) is 27.7. The third-order valence-electron chi connectivity index (χ3n) is 7.39. The maximum atomic E-state index is 13.1. The lowest BCUT2D eigenvalue weighted by Crippen LogP contribution is -2.37. The zero-order chi connectivity index (χ0) is 26.3. The fraction of sp³-hybridized carbons (Fsp3) is 0.387. The van der Waals surface area contributed by atoms with Crippen molar-refractivity contribution in [3.63, 3.8) is 0 Å². The lowest BCUT2D eigenvalue weighted by atomic mass is 10.0. The maximum absolute atomic E-state index is 13.1. The van der Waals surface area contributed by atoms with Crippen molar-refractivity contribution in [1.82, 2.24) is 15.3 Å². The Bertz CT molecular complexity index is 1240. The summed E-state index contributed by atoms with van der Waals surface area (Å²) in [5.41, 5.74) is 4.63. The summed E-state index contributed by atoms with van der Waals surface area (Å²) in [5.74, 6) is 1.60. The molecule has 198 valence electrons. The van der Waals surface area contributed by atoms with Crippen LogP contribution < -0.4 is 15.1 Å². The number of allylic oxidation sites excluding steroid dienone is 5. The lowest BCUT2D eigenvalue weighted by molar-refractivity contribution is 0.0938. The van der Waals surface area contributed by atoms with Crippen LogP contribution in [0.15, 0.2) is 73.5 Å². The fourth-order valence-corrected chi connectivity index (χ4v) is 5.43. The molecule has 1 amide bonds. The zero-order valence-corrected chi connectivity index (χ0v) is 22.1. The molecule has 3 heterocycles. The highest BCUT2D eigenvalue weighted by Gasteiger charge is 2.29. The van der Waals surface area contributed by atoms with Gasteiger partial charge in [-0.1, -0.05) is 49.8 Å². The van der Waals surface area contributed by atoms with E-state index in [-0.39, 0.29) is 11.9 Å². The van der Waals surface area contributed by atoms with E-state index in [2.05, 4.69) is 40.4 Å². The van der Waals surface area contributed by atoms with Gasteiger partial charge in [0.2, 0.25) is 5.95 Å². The molecule has 0 radical (unpaired) electrons. The zero-order valence-electron chi connectivity index (χ0n) is 22.1. The van der Waals surface area contributed by atoms with Gasteiger partial charge in [0.15, 0.2) is 0 Å². The van der Waals surface area contributed by atoms with Crippen molar-refractivity contribution in [3.05, 3.63) is 84.6 Å². The number of benzene rings is 1. The molecule has 2 fully saturated rings. The summed E-state index contributed by atoms with van der Waals surface area (Å²) >= 11 is 0. The van der Waals surface area contributed by atoms with E-state index in [0.717, 1.165) is 73.7 Å². The summed E-state index contributed by atoms with van der Waals surface area (Å²) < 4.78 is 5.58. The number of anilines is 2. The summed E-state index contributed by atoms with van der Waals surface area (Å²) in [6, 6.07) is 8.14. The van der Waals surface area contributed by atoms with Gasteiger partial charge >= 0.3 is 0 Å². The van der Waals surface area contributed by atoms with Crippen LogP contribution in [0.25, 0.3) is 11.3 Å². The van der Waals surface area contributed by atoms with E-state index in [1.54, 1.807) is 0 Å². The van der Waals surface area contributed by atoms with Crippen LogP contribution in [0.3, 0.4) is 0 Å². The van der Waals surface area contributed by atoms with Gasteiger partial charge in [-0.3, -0.25) is 4.79 Å². The lowest BCUT2D eigenvalue weighted by Gasteiger charge is -2.28. The van der Waals surface area contributed by atoms with Gasteiger partial charge in [0.1, 0.15) is 5.82 Å². The van der Waals surface area contributed by atoms with E-state index >= 15 is 0 Å². The molecular formula is C31H37N5O2. The number of hydrogen-bond donors (Lipinski definition) is 1. The summed E-state index contributed by atoms with van der Waals surface area (Å²) in [6.07, 6.45) is 16.0. The second kappa shape index (κ2) is 12.2. The van der Waals surface area contributed by atoms with Crippen LogP contribution in [0.1, 0.15) is 48.0 Å². The second-order valence-corrected chi connectivity index (χ2v) is 9.97. The van der Waals surface area contributed by atoms with E-state index in [9.17, 15) is 4.79 Å². The van der Waals surface area contributed by atoms with E-state index in [0.29, 0.717) is 24.7 Å². The highest BCUT2D eigenvalue weighted by atomic mass is 16.5. The van der Waals surface area contributed by atoms with Crippen LogP contribution >= 0.6 is 0 Å². The van der Waals surface area contributed by atoms with Crippen LogP contribution in [-0.2, 0) is 11.2 Å². The third-order valence-corrected chi connectivity index (χ3v) is 7.39. The second-order valence-electron chi connectivity index (χ2n) is 9.97. The summed E-state index contributed by atoms with van der Waals surface area (Å²) in [7, 11) is 0. The molecule has 3 aliphatic rings. The molecule has 2 aliphatic heterocycles. The third kappa shape index (κ3) is 5.73. The topological polar surface area (TPSA) is 70.6 Å². The van der Waals surface area contributed by atoms with Crippen LogP contribution in [-0.4, -0.2) is 54.8 Å². The Balaban J connectivity index is 1.54. The monoisotopic (exact) mass is 511 g/mol. The molecule has 1 aromatic heterocycles. The highest BCUT2D eigenvalue weighted by Crippen LogP contribution is 2.38. The number of hydrogen-bond acceptors (Lipinski definition) is 6. The molecule has 0 atom stereocenters. The molecular weight excluding hydrogens is 474 g/mol. The number of amides is 1. The first-order chi connectivity index (χ1) is 18.7. The van der Waals surface area contributed by atoms with Gasteiger partial charge in [0, 0.05) is 48.1 Å². The Hall–Kier alpha value is -3.71. The molecule has 1 aromatic carbocycles. The molecule has 2 aromatic rings. The average molecular weight is 512 g/mol. The van der Waals surface area contributed by atoms with Gasteiger partial charge < -0.3 is 19.9 Å². The largest absolute Gasteiger partial charge is 0.378 e. The van der Waals surface area contributed by atoms with Gasteiger partial charge in [-0.15, -0.1) is 6.58 Å². The Morgan fingerprint density at radius 3 is 2.71 bits per heavy atom. The molecule has 7 nitrogen and oxygen atoms in total. The van der Waals surface area contributed by atoms with Crippen molar-refractivity contribution < 1.29 is 9.53 Å². The molecule has 0 spiro atoms. The number of carbonyl (C=O) groups is 1. The summed E-state index contributed by atoms with van der Waals surface area (Å²) in [5, 5.41) is 3.22. The van der Waals surface area contributed by atoms with Crippen molar-refractivity contribution in [2.24, 2.45) is 0 Å². The minimum absolute atomic E-state index is 0.0111.